The van der Waals surface area contributed by atoms with Crippen LogP contribution in [0.5, 0.6) is 0 Å². The molecule has 2 aliphatic heterocycles. The molecule has 2 saturated heterocycles. The predicted molar refractivity (Wildman–Crippen MR) is 75.5 cm³/mol. The number of hydrogen-bond donors (Lipinski definition) is 1. The molecule has 2 unspecified atom stereocenters. The van der Waals surface area contributed by atoms with Crippen molar-refractivity contribution in [3.05, 3.63) is 35.4 Å². The summed E-state index contributed by atoms with van der Waals surface area (Å²) in [6, 6.07) is 8.23. The normalized spacial score (nSPS) is 27.3. The Balaban J connectivity index is 1.69. The minimum Gasteiger partial charge on any atom is -0.389 e. The number of thiocarbonyl (C=S) groups is 1. The fraction of sp³-hybridized carbons (Fsp3) is 0.500. The van der Waals surface area contributed by atoms with Crippen LogP contribution in [0.25, 0.3) is 0 Å². The summed E-state index contributed by atoms with van der Waals surface area (Å²) in [6.07, 6.45) is 3.33. The SMILES string of the molecule is NC(=S)c1cccc(CN2CC3CCC(C2)O3)c1. The van der Waals surface area contributed by atoms with Crippen molar-refractivity contribution < 1.29 is 4.74 Å². The Bertz CT molecular complexity index is 451. The number of benzene rings is 1. The zero-order valence-electron chi connectivity index (χ0n) is 10.3. The van der Waals surface area contributed by atoms with Crippen molar-refractivity contribution in [3.63, 3.8) is 0 Å². The van der Waals surface area contributed by atoms with Crippen LogP contribution in [0.4, 0.5) is 0 Å². The molecule has 2 aliphatic rings. The molecule has 1 aromatic rings. The maximum atomic E-state index is 5.84. The van der Waals surface area contributed by atoms with Crippen LogP contribution >= 0.6 is 12.2 Å². The smallest absolute Gasteiger partial charge is 0.103 e. The summed E-state index contributed by atoms with van der Waals surface area (Å²) >= 11 is 5.02. The van der Waals surface area contributed by atoms with Crippen LogP contribution in [-0.2, 0) is 11.3 Å². The first kappa shape index (κ1) is 12.1. The Hall–Kier alpha value is -0.970. The molecule has 96 valence electrons. The summed E-state index contributed by atoms with van der Waals surface area (Å²) in [7, 11) is 0. The van der Waals surface area contributed by atoms with E-state index in [2.05, 4.69) is 17.0 Å². The maximum Gasteiger partial charge on any atom is 0.103 e. The molecule has 0 aromatic heterocycles. The lowest BCUT2D eigenvalue weighted by molar-refractivity contribution is -0.0410. The molecule has 2 fully saturated rings. The fourth-order valence-electron chi connectivity index (χ4n) is 2.91. The summed E-state index contributed by atoms with van der Waals surface area (Å²) in [5, 5.41) is 0. The number of nitrogens with two attached hydrogens (primary N) is 1. The van der Waals surface area contributed by atoms with Gasteiger partial charge in [-0.25, -0.2) is 0 Å². The quantitative estimate of drug-likeness (QED) is 0.841. The molecule has 0 radical (unpaired) electrons. The summed E-state index contributed by atoms with van der Waals surface area (Å²) in [4.78, 5) is 2.95. The van der Waals surface area contributed by atoms with Crippen molar-refractivity contribution in [2.24, 2.45) is 5.73 Å². The largest absolute Gasteiger partial charge is 0.389 e. The molecule has 3 nitrogen and oxygen atoms in total. The fourth-order valence-corrected chi connectivity index (χ4v) is 3.04. The molecule has 0 aliphatic carbocycles. The number of ether oxygens (including phenoxy) is 1. The molecule has 0 spiro atoms. The standard InChI is InChI=1S/C14H18N2OS/c15-14(18)11-3-1-2-10(6-11)7-16-8-12-4-5-13(9-16)17-12/h1-3,6,12-13H,4-5,7-9H2,(H2,15,18). The van der Waals surface area contributed by atoms with E-state index in [0.717, 1.165) is 25.2 Å². The average Bonchev–Trinajstić information content (AvgIpc) is 2.69. The van der Waals surface area contributed by atoms with E-state index in [0.29, 0.717) is 17.2 Å². The third kappa shape index (κ3) is 2.55. The molecule has 3 rings (SSSR count). The first-order valence-corrected chi connectivity index (χ1v) is 6.88. The van der Waals surface area contributed by atoms with E-state index in [1.807, 2.05) is 12.1 Å². The van der Waals surface area contributed by atoms with E-state index in [4.69, 9.17) is 22.7 Å². The van der Waals surface area contributed by atoms with Gasteiger partial charge >= 0.3 is 0 Å². The molecule has 4 heteroatoms. The molecule has 2 atom stereocenters. The van der Waals surface area contributed by atoms with Gasteiger partial charge in [0.25, 0.3) is 0 Å². The lowest BCUT2D eigenvalue weighted by Crippen LogP contribution is -2.41. The Kier molecular flexibility index (Phi) is 3.33. The molecule has 2 N–H and O–H groups in total. The highest BCUT2D eigenvalue weighted by atomic mass is 32.1. The number of nitrogens with zero attached hydrogens (tertiary/aromatic N) is 1. The first-order valence-electron chi connectivity index (χ1n) is 6.47. The van der Waals surface area contributed by atoms with Crippen molar-refractivity contribution in [2.75, 3.05) is 13.1 Å². The van der Waals surface area contributed by atoms with Gasteiger partial charge in [-0.1, -0.05) is 30.4 Å². The van der Waals surface area contributed by atoms with Gasteiger partial charge < -0.3 is 10.5 Å². The Morgan fingerprint density at radius 2 is 2.06 bits per heavy atom. The lowest BCUT2D eigenvalue weighted by Gasteiger charge is -2.32. The summed E-state index contributed by atoms with van der Waals surface area (Å²) in [5.74, 6) is 0. The zero-order valence-corrected chi connectivity index (χ0v) is 11.2. The van der Waals surface area contributed by atoms with Gasteiger partial charge in [-0.15, -0.1) is 0 Å². The average molecular weight is 262 g/mol. The van der Waals surface area contributed by atoms with E-state index >= 15 is 0 Å². The van der Waals surface area contributed by atoms with Gasteiger partial charge in [0.15, 0.2) is 0 Å². The maximum absolute atomic E-state index is 5.84. The van der Waals surface area contributed by atoms with Crippen molar-refractivity contribution in [1.82, 2.24) is 4.90 Å². The van der Waals surface area contributed by atoms with Crippen LogP contribution in [0.3, 0.4) is 0 Å². The molecule has 1 aromatic carbocycles. The van der Waals surface area contributed by atoms with Crippen molar-refractivity contribution >= 4 is 17.2 Å². The molecule has 18 heavy (non-hydrogen) atoms. The van der Waals surface area contributed by atoms with Crippen molar-refractivity contribution in [2.45, 2.75) is 31.6 Å². The number of hydrogen-bond acceptors (Lipinski definition) is 3. The molecule has 0 amide bonds. The summed E-state index contributed by atoms with van der Waals surface area (Å²) in [5.41, 5.74) is 7.90. The minimum atomic E-state index is 0.447. The van der Waals surface area contributed by atoms with E-state index in [-0.39, 0.29) is 0 Å². The van der Waals surface area contributed by atoms with E-state index in [1.165, 1.54) is 18.4 Å². The Morgan fingerprint density at radius 3 is 2.72 bits per heavy atom. The lowest BCUT2D eigenvalue weighted by atomic mass is 10.1. The van der Waals surface area contributed by atoms with Crippen LogP contribution in [0, 0.1) is 0 Å². The summed E-state index contributed by atoms with van der Waals surface area (Å²) < 4.78 is 5.84. The Morgan fingerprint density at radius 1 is 1.33 bits per heavy atom. The highest BCUT2D eigenvalue weighted by Crippen LogP contribution is 2.27. The highest BCUT2D eigenvalue weighted by Gasteiger charge is 2.33. The second-order valence-electron chi connectivity index (χ2n) is 5.22. The number of likely N-dealkylation sites (tertiary alicyclic amines) is 1. The van der Waals surface area contributed by atoms with Crippen LogP contribution in [0.2, 0.25) is 0 Å². The minimum absolute atomic E-state index is 0.447. The van der Waals surface area contributed by atoms with Crippen molar-refractivity contribution in [1.29, 1.82) is 0 Å². The van der Waals surface area contributed by atoms with Gasteiger partial charge in [-0.3, -0.25) is 4.90 Å². The van der Waals surface area contributed by atoms with Gasteiger partial charge in [-0.2, -0.15) is 0 Å². The number of rotatable bonds is 3. The topological polar surface area (TPSA) is 38.5 Å². The third-order valence-corrected chi connectivity index (χ3v) is 3.97. The van der Waals surface area contributed by atoms with E-state index in [9.17, 15) is 0 Å². The van der Waals surface area contributed by atoms with Crippen LogP contribution in [0.1, 0.15) is 24.0 Å². The van der Waals surface area contributed by atoms with Gasteiger partial charge in [-0.05, 0) is 24.5 Å². The number of fused-ring (bicyclic) bond motifs is 2. The first-order chi connectivity index (χ1) is 8.70. The van der Waals surface area contributed by atoms with Crippen LogP contribution in [0.15, 0.2) is 24.3 Å². The van der Waals surface area contributed by atoms with Gasteiger partial charge in [0.1, 0.15) is 4.99 Å². The van der Waals surface area contributed by atoms with Gasteiger partial charge in [0.2, 0.25) is 0 Å². The molecular formula is C14H18N2OS. The number of morpholine rings is 1. The molecular weight excluding hydrogens is 244 g/mol. The second kappa shape index (κ2) is 4.96. The third-order valence-electron chi connectivity index (χ3n) is 3.74. The van der Waals surface area contributed by atoms with Gasteiger partial charge in [0, 0.05) is 25.2 Å². The van der Waals surface area contributed by atoms with E-state index in [1.54, 1.807) is 0 Å². The molecule has 2 heterocycles. The highest BCUT2D eigenvalue weighted by molar-refractivity contribution is 7.80. The van der Waals surface area contributed by atoms with Gasteiger partial charge in [0.05, 0.1) is 12.2 Å². The second-order valence-corrected chi connectivity index (χ2v) is 5.66. The molecule has 2 bridgehead atoms. The summed E-state index contributed by atoms with van der Waals surface area (Å²) in [6.45, 7) is 3.06. The Labute approximate surface area is 113 Å². The van der Waals surface area contributed by atoms with Crippen LogP contribution in [-0.4, -0.2) is 35.2 Å². The van der Waals surface area contributed by atoms with Crippen molar-refractivity contribution in [3.8, 4) is 0 Å². The van der Waals surface area contributed by atoms with E-state index < -0.39 is 0 Å². The predicted octanol–water partition coefficient (Wildman–Crippen LogP) is 1.68. The molecule has 0 saturated carbocycles. The zero-order chi connectivity index (χ0) is 12.5. The monoisotopic (exact) mass is 262 g/mol. The van der Waals surface area contributed by atoms with Crippen LogP contribution < -0.4 is 5.73 Å².